The van der Waals surface area contributed by atoms with Gasteiger partial charge in [0.25, 0.3) is 5.91 Å². The fourth-order valence-electron chi connectivity index (χ4n) is 1.42. The molecule has 18 heavy (non-hydrogen) atoms. The summed E-state index contributed by atoms with van der Waals surface area (Å²) in [6.45, 7) is 3.49. The molecule has 1 aromatic carbocycles. The Labute approximate surface area is 113 Å². The number of carbonyl (C=O) groups excluding carboxylic acids is 1. The van der Waals surface area contributed by atoms with Gasteiger partial charge in [0.1, 0.15) is 6.04 Å². The Kier molecular flexibility index (Phi) is 4.91. The Morgan fingerprint density at radius 1 is 1.56 bits per heavy atom. The van der Waals surface area contributed by atoms with Crippen molar-refractivity contribution < 1.29 is 14.7 Å². The molecule has 0 aliphatic heterocycles. The monoisotopic (exact) mass is 312 g/mol. The third-order valence-corrected chi connectivity index (χ3v) is 2.77. The van der Waals surface area contributed by atoms with E-state index in [0.29, 0.717) is 10.2 Å². The first-order valence-corrected chi connectivity index (χ1v) is 5.94. The average molecular weight is 313 g/mol. The third-order valence-electron chi connectivity index (χ3n) is 2.28. The van der Waals surface area contributed by atoms with Crippen molar-refractivity contribution in [2.75, 3.05) is 5.32 Å². The van der Waals surface area contributed by atoms with Crippen LogP contribution in [0.4, 0.5) is 5.69 Å². The Bertz CT molecular complexity index is 488. The Morgan fingerprint density at radius 3 is 2.72 bits per heavy atom. The highest BCUT2D eigenvalue weighted by molar-refractivity contribution is 9.10. The first-order chi connectivity index (χ1) is 8.45. The molecular weight excluding hydrogens is 300 g/mol. The first-order valence-electron chi connectivity index (χ1n) is 5.15. The van der Waals surface area contributed by atoms with Crippen LogP contribution in [0.3, 0.4) is 0 Å². The van der Waals surface area contributed by atoms with E-state index in [4.69, 9.17) is 10.8 Å². The lowest BCUT2D eigenvalue weighted by atomic mass is 10.1. The van der Waals surface area contributed by atoms with Gasteiger partial charge in [0.2, 0.25) is 0 Å². The molecule has 96 valence electrons. The fraction of sp³-hybridized carbons (Fsp3) is 0.167. The lowest BCUT2D eigenvalue weighted by Gasteiger charge is -2.16. The van der Waals surface area contributed by atoms with Gasteiger partial charge in [-0.2, -0.15) is 0 Å². The van der Waals surface area contributed by atoms with Gasteiger partial charge < -0.3 is 16.2 Å². The number of benzene rings is 1. The minimum absolute atomic E-state index is 0.236. The molecule has 0 saturated carbocycles. The maximum Gasteiger partial charge on any atom is 0.326 e. The van der Waals surface area contributed by atoms with Crippen molar-refractivity contribution in [3.05, 3.63) is 40.9 Å². The second-order valence-corrected chi connectivity index (χ2v) is 4.53. The number of amides is 1. The summed E-state index contributed by atoms with van der Waals surface area (Å²) in [7, 11) is 0. The zero-order valence-electron chi connectivity index (χ0n) is 9.52. The predicted octanol–water partition coefficient (Wildman–Crippen LogP) is 1.99. The zero-order chi connectivity index (χ0) is 13.7. The summed E-state index contributed by atoms with van der Waals surface area (Å²) in [4.78, 5) is 22.3. The van der Waals surface area contributed by atoms with Crippen LogP contribution in [0.1, 0.15) is 16.8 Å². The van der Waals surface area contributed by atoms with Gasteiger partial charge in [-0.05, 0) is 24.6 Å². The van der Waals surface area contributed by atoms with Gasteiger partial charge in [-0.25, -0.2) is 4.79 Å². The van der Waals surface area contributed by atoms with Crippen LogP contribution >= 0.6 is 15.9 Å². The third kappa shape index (κ3) is 3.59. The van der Waals surface area contributed by atoms with Crippen molar-refractivity contribution in [1.82, 2.24) is 0 Å². The second-order valence-electron chi connectivity index (χ2n) is 3.61. The van der Waals surface area contributed by atoms with E-state index in [2.05, 4.69) is 27.8 Å². The lowest BCUT2D eigenvalue weighted by molar-refractivity contribution is -0.137. The molecule has 1 unspecified atom stereocenters. The van der Waals surface area contributed by atoms with Gasteiger partial charge in [0, 0.05) is 10.2 Å². The number of hydrogen-bond donors (Lipinski definition) is 3. The topological polar surface area (TPSA) is 92.4 Å². The van der Waals surface area contributed by atoms with Crippen molar-refractivity contribution in [1.29, 1.82) is 0 Å². The van der Waals surface area contributed by atoms with E-state index in [1.807, 2.05) is 0 Å². The van der Waals surface area contributed by atoms with Crippen LogP contribution in [0.25, 0.3) is 0 Å². The minimum Gasteiger partial charge on any atom is -0.480 e. The van der Waals surface area contributed by atoms with Crippen molar-refractivity contribution in [2.45, 2.75) is 12.5 Å². The summed E-state index contributed by atoms with van der Waals surface area (Å²) < 4.78 is 0.692. The fourth-order valence-corrected chi connectivity index (χ4v) is 1.78. The number of nitrogens with one attached hydrogen (secondary N) is 1. The van der Waals surface area contributed by atoms with Gasteiger partial charge in [-0.1, -0.05) is 22.0 Å². The summed E-state index contributed by atoms with van der Waals surface area (Å²) in [5.41, 5.74) is 5.87. The quantitative estimate of drug-likeness (QED) is 0.700. The van der Waals surface area contributed by atoms with Crippen molar-refractivity contribution in [3.8, 4) is 0 Å². The maximum atomic E-state index is 11.3. The molecule has 0 aliphatic rings. The van der Waals surface area contributed by atoms with Crippen molar-refractivity contribution in [2.24, 2.45) is 5.73 Å². The molecule has 0 fully saturated rings. The van der Waals surface area contributed by atoms with E-state index in [0.717, 1.165) is 0 Å². The number of primary amides is 1. The van der Waals surface area contributed by atoms with Gasteiger partial charge in [0.05, 0.1) is 5.56 Å². The number of anilines is 1. The highest BCUT2D eigenvalue weighted by Crippen LogP contribution is 2.22. The Balaban J connectivity index is 3.05. The van der Waals surface area contributed by atoms with Crippen LogP contribution < -0.4 is 11.1 Å². The highest BCUT2D eigenvalue weighted by atomic mass is 79.9. The molecule has 0 spiro atoms. The van der Waals surface area contributed by atoms with Crippen LogP contribution in [0.15, 0.2) is 35.3 Å². The predicted molar refractivity (Wildman–Crippen MR) is 72.5 cm³/mol. The average Bonchev–Trinajstić information content (AvgIpc) is 2.30. The molecule has 6 heteroatoms. The van der Waals surface area contributed by atoms with Gasteiger partial charge in [-0.3, -0.25) is 4.79 Å². The molecule has 1 atom stereocenters. The van der Waals surface area contributed by atoms with Gasteiger partial charge >= 0.3 is 5.97 Å². The normalized spacial score (nSPS) is 11.6. The molecule has 5 nitrogen and oxygen atoms in total. The Morgan fingerprint density at radius 2 is 2.22 bits per heavy atom. The van der Waals surface area contributed by atoms with E-state index < -0.39 is 17.9 Å². The zero-order valence-corrected chi connectivity index (χ0v) is 11.1. The summed E-state index contributed by atoms with van der Waals surface area (Å²) in [6, 6.07) is 3.99. The molecule has 1 rings (SSSR count). The molecule has 4 N–H and O–H groups in total. The van der Waals surface area contributed by atoms with Crippen LogP contribution in [0.2, 0.25) is 0 Å². The number of aliphatic carboxylic acids is 1. The molecule has 0 aliphatic carbocycles. The molecule has 0 aromatic heterocycles. The number of carboxylic acids is 1. The van der Waals surface area contributed by atoms with Crippen molar-refractivity contribution in [3.63, 3.8) is 0 Å². The second kappa shape index (κ2) is 6.20. The molecular formula is C12H13BrN2O3. The number of halogens is 1. The van der Waals surface area contributed by atoms with Crippen LogP contribution in [0, 0.1) is 0 Å². The molecule has 1 amide bonds. The molecule has 0 saturated heterocycles. The molecule has 0 bridgehead atoms. The minimum atomic E-state index is -1.02. The number of carbonyl (C=O) groups is 2. The smallest absolute Gasteiger partial charge is 0.326 e. The maximum absolute atomic E-state index is 11.3. The van der Waals surface area contributed by atoms with E-state index in [-0.39, 0.29) is 12.0 Å². The summed E-state index contributed by atoms with van der Waals surface area (Å²) in [5.74, 6) is -1.64. The van der Waals surface area contributed by atoms with E-state index >= 15 is 0 Å². The van der Waals surface area contributed by atoms with E-state index in [1.54, 1.807) is 12.1 Å². The summed E-state index contributed by atoms with van der Waals surface area (Å²) in [6.07, 6.45) is 1.73. The largest absolute Gasteiger partial charge is 0.480 e. The Hall–Kier alpha value is -1.82. The van der Waals surface area contributed by atoms with Crippen molar-refractivity contribution >= 4 is 33.5 Å². The molecule has 1 aromatic rings. The first kappa shape index (κ1) is 14.2. The van der Waals surface area contributed by atoms with Gasteiger partial charge in [0.15, 0.2) is 0 Å². The summed E-state index contributed by atoms with van der Waals surface area (Å²) >= 11 is 3.22. The van der Waals surface area contributed by atoms with Gasteiger partial charge in [-0.15, -0.1) is 6.58 Å². The lowest BCUT2D eigenvalue weighted by Crippen LogP contribution is -2.29. The highest BCUT2D eigenvalue weighted by Gasteiger charge is 2.18. The number of hydrogen-bond acceptors (Lipinski definition) is 3. The summed E-state index contributed by atoms with van der Waals surface area (Å²) in [5, 5.41) is 11.8. The van der Waals surface area contributed by atoms with Crippen LogP contribution in [-0.4, -0.2) is 23.0 Å². The van der Waals surface area contributed by atoms with E-state index in [1.165, 1.54) is 12.1 Å². The number of nitrogens with two attached hydrogens (primary N) is 1. The van der Waals surface area contributed by atoms with Crippen LogP contribution in [0.5, 0.6) is 0 Å². The SMILES string of the molecule is C=CCC(Nc1ccc(Br)cc1C(N)=O)C(=O)O. The number of carboxylic acid groups (broad SMARTS) is 1. The molecule has 0 radical (unpaired) electrons. The van der Waals surface area contributed by atoms with E-state index in [9.17, 15) is 9.59 Å². The molecule has 0 heterocycles. The standard InChI is InChI=1S/C12H13BrN2O3/c1-2-3-10(12(17)18)15-9-5-4-7(13)6-8(9)11(14)16/h2,4-6,10,15H,1,3H2,(H2,14,16)(H,17,18). The van der Waals surface area contributed by atoms with Crippen LogP contribution in [-0.2, 0) is 4.79 Å². The number of rotatable bonds is 6.